The summed E-state index contributed by atoms with van der Waals surface area (Å²) in [4.78, 5) is 29.3. The lowest BCUT2D eigenvalue weighted by molar-refractivity contribution is -0.141. The van der Waals surface area contributed by atoms with E-state index in [1.165, 1.54) is 10.8 Å². The number of hydrogen-bond acceptors (Lipinski definition) is 2. The van der Waals surface area contributed by atoms with Crippen LogP contribution in [0.5, 0.6) is 0 Å². The van der Waals surface area contributed by atoms with Crippen LogP contribution in [0, 0.1) is 12.8 Å². The molecule has 196 valence electrons. The van der Waals surface area contributed by atoms with Crippen LogP contribution in [0.2, 0.25) is 0 Å². The monoisotopic (exact) mass is 506 g/mol. The van der Waals surface area contributed by atoms with Crippen molar-refractivity contribution in [3.63, 3.8) is 0 Å². The maximum absolute atomic E-state index is 13.9. The SMILES string of the molecule is Cc1ccc(CN(C(=O)CCc2cccc3ccccc23)[C@H](Cc2ccccc2)C(=O)NCC(C)C)cc1. The van der Waals surface area contributed by atoms with Crippen LogP contribution in [0.15, 0.2) is 97.1 Å². The summed E-state index contributed by atoms with van der Waals surface area (Å²) in [6.45, 7) is 7.17. The summed E-state index contributed by atoms with van der Waals surface area (Å²) >= 11 is 0. The highest BCUT2D eigenvalue weighted by Crippen LogP contribution is 2.22. The minimum Gasteiger partial charge on any atom is -0.354 e. The summed E-state index contributed by atoms with van der Waals surface area (Å²) < 4.78 is 0. The smallest absolute Gasteiger partial charge is 0.243 e. The zero-order valence-electron chi connectivity index (χ0n) is 22.7. The molecule has 0 spiro atoms. The van der Waals surface area contributed by atoms with Gasteiger partial charge in [0.1, 0.15) is 6.04 Å². The predicted molar refractivity (Wildman–Crippen MR) is 156 cm³/mol. The number of fused-ring (bicyclic) bond motifs is 1. The Bertz CT molecular complexity index is 1340. The Labute approximate surface area is 226 Å². The minimum absolute atomic E-state index is 0.0147. The molecular formula is C34H38N2O2. The van der Waals surface area contributed by atoms with Gasteiger partial charge in [-0.05, 0) is 46.7 Å². The van der Waals surface area contributed by atoms with Gasteiger partial charge in [0.15, 0.2) is 0 Å². The topological polar surface area (TPSA) is 49.4 Å². The number of carbonyl (C=O) groups is 2. The Balaban J connectivity index is 1.63. The van der Waals surface area contributed by atoms with Crippen molar-refractivity contribution in [1.82, 2.24) is 10.2 Å². The number of nitrogens with zero attached hydrogens (tertiary/aromatic N) is 1. The Kier molecular flexibility index (Phi) is 9.31. The van der Waals surface area contributed by atoms with Gasteiger partial charge in [-0.25, -0.2) is 0 Å². The van der Waals surface area contributed by atoms with Crippen LogP contribution in [0.1, 0.15) is 42.5 Å². The van der Waals surface area contributed by atoms with Crippen molar-refractivity contribution in [2.45, 2.75) is 52.6 Å². The van der Waals surface area contributed by atoms with E-state index in [1.54, 1.807) is 4.90 Å². The van der Waals surface area contributed by atoms with Crippen LogP contribution < -0.4 is 5.32 Å². The third kappa shape index (κ3) is 7.32. The number of rotatable bonds is 11. The van der Waals surface area contributed by atoms with E-state index in [1.807, 2.05) is 60.7 Å². The quantitative estimate of drug-likeness (QED) is 0.253. The Morgan fingerprint density at radius 1 is 0.789 bits per heavy atom. The number of nitrogens with one attached hydrogen (secondary N) is 1. The molecule has 0 unspecified atom stereocenters. The van der Waals surface area contributed by atoms with E-state index in [-0.39, 0.29) is 11.8 Å². The average Bonchev–Trinajstić information content (AvgIpc) is 2.93. The highest BCUT2D eigenvalue weighted by molar-refractivity contribution is 5.89. The lowest BCUT2D eigenvalue weighted by Gasteiger charge is -2.32. The molecule has 1 N–H and O–H groups in total. The van der Waals surface area contributed by atoms with Gasteiger partial charge in [-0.2, -0.15) is 0 Å². The third-order valence-electron chi connectivity index (χ3n) is 6.92. The molecule has 38 heavy (non-hydrogen) atoms. The summed E-state index contributed by atoms with van der Waals surface area (Å²) in [5, 5.41) is 5.44. The molecule has 0 aromatic heterocycles. The van der Waals surface area contributed by atoms with Gasteiger partial charge in [0.25, 0.3) is 0 Å². The first-order valence-corrected chi connectivity index (χ1v) is 13.5. The van der Waals surface area contributed by atoms with Crippen LogP contribution in [0.3, 0.4) is 0 Å². The summed E-state index contributed by atoms with van der Waals surface area (Å²) in [6.07, 6.45) is 1.43. The number of aryl methyl sites for hydroxylation is 2. The average molecular weight is 507 g/mol. The molecule has 0 saturated heterocycles. The van der Waals surface area contributed by atoms with E-state index in [2.05, 4.69) is 62.5 Å². The van der Waals surface area contributed by atoms with E-state index in [0.717, 1.165) is 22.3 Å². The largest absolute Gasteiger partial charge is 0.354 e. The predicted octanol–water partition coefficient (Wildman–Crippen LogP) is 6.49. The molecule has 0 fully saturated rings. The molecule has 4 heteroatoms. The molecule has 0 saturated carbocycles. The summed E-state index contributed by atoms with van der Waals surface area (Å²) in [6, 6.07) is 32.1. The van der Waals surface area contributed by atoms with Gasteiger partial charge in [0.05, 0.1) is 0 Å². The molecule has 4 nitrogen and oxygen atoms in total. The first-order valence-electron chi connectivity index (χ1n) is 13.5. The fourth-order valence-corrected chi connectivity index (χ4v) is 4.76. The summed E-state index contributed by atoms with van der Waals surface area (Å²) in [5.74, 6) is 0.205. The second kappa shape index (κ2) is 13.0. The number of hydrogen-bond donors (Lipinski definition) is 1. The fourth-order valence-electron chi connectivity index (χ4n) is 4.76. The highest BCUT2D eigenvalue weighted by atomic mass is 16.2. The van der Waals surface area contributed by atoms with Gasteiger partial charge in [0.2, 0.25) is 11.8 Å². The maximum atomic E-state index is 13.9. The molecule has 4 aromatic carbocycles. The van der Waals surface area contributed by atoms with Crippen molar-refractivity contribution in [2.75, 3.05) is 6.54 Å². The lowest BCUT2D eigenvalue weighted by Crippen LogP contribution is -2.51. The van der Waals surface area contributed by atoms with Gasteiger partial charge < -0.3 is 10.2 Å². The molecule has 2 amide bonds. The maximum Gasteiger partial charge on any atom is 0.243 e. The molecule has 0 radical (unpaired) electrons. The standard InChI is InChI=1S/C34H38N2O2/c1-25(2)23-35-34(38)32(22-27-10-5-4-6-11-27)36(24-28-18-16-26(3)17-19-28)33(37)21-20-30-14-9-13-29-12-7-8-15-31(29)30/h4-19,25,32H,20-24H2,1-3H3,(H,35,38)/t32-/m1/s1. The number of carbonyl (C=O) groups excluding carboxylic acids is 2. The lowest BCUT2D eigenvalue weighted by atomic mass is 9.99. The van der Waals surface area contributed by atoms with Crippen molar-refractivity contribution < 1.29 is 9.59 Å². The molecule has 4 rings (SSSR count). The van der Waals surface area contributed by atoms with Crippen LogP contribution >= 0.6 is 0 Å². The van der Waals surface area contributed by atoms with Gasteiger partial charge in [-0.15, -0.1) is 0 Å². The molecule has 0 aliphatic rings. The number of benzene rings is 4. The second-order valence-corrected chi connectivity index (χ2v) is 10.5. The Morgan fingerprint density at radius 2 is 1.47 bits per heavy atom. The zero-order valence-corrected chi connectivity index (χ0v) is 22.7. The van der Waals surface area contributed by atoms with Gasteiger partial charge in [0, 0.05) is 25.9 Å². The molecule has 0 aliphatic carbocycles. The van der Waals surface area contributed by atoms with Crippen LogP contribution in [0.4, 0.5) is 0 Å². The normalized spacial score (nSPS) is 11.9. The van der Waals surface area contributed by atoms with Crippen molar-refractivity contribution in [3.8, 4) is 0 Å². The summed E-state index contributed by atoms with van der Waals surface area (Å²) in [5.41, 5.74) is 4.37. The Hall–Kier alpha value is -3.92. The van der Waals surface area contributed by atoms with Gasteiger partial charge in [-0.3, -0.25) is 9.59 Å². The molecule has 0 bridgehead atoms. The second-order valence-electron chi connectivity index (χ2n) is 10.5. The van der Waals surface area contributed by atoms with E-state index < -0.39 is 6.04 Å². The van der Waals surface area contributed by atoms with E-state index >= 15 is 0 Å². The van der Waals surface area contributed by atoms with Crippen molar-refractivity contribution in [2.24, 2.45) is 5.92 Å². The first-order chi connectivity index (χ1) is 18.4. The van der Waals surface area contributed by atoms with Crippen molar-refractivity contribution in [1.29, 1.82) is 0 Å². The fraction of sp³-hybridized carbons (Fsp3) is 0.294. The molecule has 0 heterocycles. The number of amides is 2. The van der Waals surface area contributed by atoms with Gasteiger partial charge in [-0.1, -0.05) is 116 Å². The third-order valence-corrected chi connectivity index (χ3v) is 6.92. The zero-order chi connectivity index (χ0) is 26.9. The van der Waals surface area contributed by atoms with Crippen molar-refractivity contribution in [3.05, 3.63) is 119 Å². The van der Waals surface area contributed by atoms with E-state index in [4.69, 9.17) is 0 Å². The minimum atomic E-state index is -0.600. The van der Waals surface area contributed by atoms with Crippen molar-refractivity contribution >= 4 is 22.6 Å². The van der Waals surface area contributed by atoms with Crippen LogP contribution in [0.25, 0.3) is 10.8 Å². The van der Waals surface area contributed by atoms with Crippen LogP contribution in [-0.2, 0) is 29.0 Å². The van der Waals surface area contributed by atoms with E-state index in [9.17, 15) is 9.59 Å². The Morgan fingerprint density at radius 3 is 2.21 bits per heavy atom. The van der Waals surface area contributed by atoms with Crippen LogP contribution in [-0.4, -0.2) is 29.3 Å². The molecule has 0 aliphatic heterocycles. The van der Waals surface area contributed by atoms with E-state index in [0.29, 0.717) is 38.3 Å². The molecule has 4 aromatic rings. The first kappa shape index (κ1) is 27.1. The highest BCUT2D eigenvalue weighted by Gasteiger charge is 2.30. The summed E-state index contributed by atoms with van der Waals surface area (Å²) in [7, 11) is 0. The molecule has 1 atom stereocenters. The van der Waals surface area contributed by atoms with Gasteiger partial charge >= 0.3 is 0 Å². The molecular weight excluding hydrogens is 468 g/mol.